The van der Waals surface area contributed by atoms with E-state index >= 15 is 0 Å². The van der Waals surface area contributed by atoms with Crippen LogP contribution in [0.25, 0.3) is 0 Å². The zero-order chi connectivity index (χ0) is 39.1. The van der Waals surface area contributed by atoms with Gasteiger partial charge < -0.3 is 26.2 Å². The molecule has 2 unspecified atom stereocenters. The third-order valence-electron chi connectivity index (χ3n) is 9.98. The monoisotopic (exact) mass is 719 g/mol. The van der Waals surface area contributed by atoms with Gasteiger partial charge in [0.1, 0.15) is 0 Å². The molecule has 2 aliphatic heterocycles. The third-order valence-corrected chi connectivity index (χ3v) is 9.98. The Morgan fingerprint density at radius 3 is 1.54 bits per heavy atom. The molecule has 2 atom stereocenters. The number of amides is 4. The van der Waals surface area contributed by atoms with E-state index in [0.29, 0.717) is 30.7 Å². The van der Waals surface area contributed by atoms with Gasteiger partial charge in [-0.2, -0.15) is 4.99 Å². The summed E-state index contributed by atoms with van der Waals surface area (Å²) in [6.07, 6.45) is 6.85. The van der Waals surface area contributed by atoms with Crippen molar-refractivity contribution in [2.45, 2.75) is 131 Å². The van der Waals surface area contributed by atoms with E-state index in [9.17, 15) is 19.2 Å². The quantitative estimate of drug-likeness (QED) is 0.196. The number of urea groups is 1. The van der Waals surface area contributed by atoms with E-state index in [4.69, 9.17) is 5.73 Å². The number of piperidine rings is 2. The summed E-state index contributed by atoms with van der Waals surface area (Å²) < 4.78 is 0. The molecule has 0 saturated carbocycles. The number of nitrogens with two attached hydrogens (primary N) is 1. The number of nitrogens with one attached hydrogen (secondary N) is 2. The van der Waals surface area contributed by atoms with Crippen LogP contribution in [-0.2, 0) is 25.2 Å². The van der Waals surface area contributed by atoms with Crippen molar-refractivity contribution in [2.75, 3.05) is 31.5 Å². The summed E-state index contributed by atoms with van der Waals surface area (Å²) in [6.45, 7) is 24.1. The molecule has 10 heteroatoms. The first-order valence-corrected chi connectivity index (χ1v) is 19.1. The van der Waals surface area contributed by atoms with Gasteiger partial charge in [0.15, 0.2) is 0 Å². The van der Waals surface area contributed by atoms with Gasteiger partial charge in [-0.05, 0) is 84.7 Å². The summed E-state index contributed by atoms with van der Waals surface area (Å²) >= 11 is 0. The number of likely N-dealkylation sites (tertiary alicyclic amines) is 2. The highest BCUT2D eigenvalue weighted by atomic mass is 16.2. The smallest absolute Gasteiger partial charge is 0.319 e. The maximum atomic E-state index is 12.2. The molecule has 0 radical (unpaired) electrons. The Hall–Kier alpha value is -4.01. The fourth-order valence-electron chi connectivity index (χ4n) is 5.83. The number of benzene rings is 2. The second kappa shape index (κ2) is 20.9. The first-order chi connectivity index (χ1) is 24.4. The molecule has 0 aliphatic carbocycles. The Kier molecular flexibility index (Phi) is 17.7. The van der Waals surface area contributed by atoms with Gasteiger partial charge in [0.2, 0.25) is 17.9 Å². The van der Waals surface area contributed by atoms with Crippen LogP contribution in [0.2, 0.25) is 0 Å². The largest absolute Gasteiger partial charge is 0.342 e. The van der Waals surface area contributed by atoms with Crippen LogP contribution in [0.4, 0.5) is 16.2 Å². The molecule has 2 aliphatic rings. The van der Waals surface area contributed by atoms with Crippen LogP contribution < -0.4 is 16.4 Å². The average molecular weight is 719 g/mol. The first-order valence-electron chi connectivity index (χ1n) is 19.1. The molecule has 288 valence electrons. The number of aliphatic imine (C=N–C) groups is 1. The highest BCUT2D eigenvalue weighted by Gasteiger charge is 2.26. The van der Waals surface area contributed by atoms with Gasteiger partial charge >= 0.3 is 6.03 Å². The third kappa shape index (κ3) is 14.9. The molecule has 10 nitrogen and oxygen atoms in total. The van der Waals surface area contributed by atoms with Crippen molar-refractivity contribution < 1.29 is 19.2 Å². The number of rotatable bonds is 7. The summed E-state index contributed by atoms with van der Waals surface area (Å²) in [6, 6.07) is 15.8. The van der Waals surface area contributed by atoms with Gasteiger partial charge in [-0.3, -0.25) is 9.59 Å². The molecule has 0 aromatic heterocycles. The molecule has 52 heavy (non-hydrogen) atoms. The first kappa shape index (κ1) is 44.2. The lowest BCUT2D eigenvalue weighted by molar-refractivity contribution is -0.136. The van der Waals surface area contributed by atoms with Crippen molar-refractivity contribution in [3.05, 3.63) is 59.7 Å². The number of isocyanates is 1. The molecule has 4 amide bonds. The molecular weight excluding hydrogens is 652 g/mol. The molecule has 2 saturated heterocycles. The number of anilines is 1. The summed E-state index contributed by atoms with van der Waals surface area (Å²) in [5.74, 6) is 0.789. The predicted molar refractivity (Wildman–Crippen MR) is 213 cm³/mol. The standard InChI is InChI=1S/C21H33N3O2.C11H13NO.C10H20N2O/c1-6-15(2)19(25)24-13-11-18(12-14-24)23-20(26)22-17-9-7-16(8-10-17)21(3,4)5;1-11(2,3)9-4-6-10(7-5-9)12-8-13;1-3-8(2)10(13)12-6-4-9(11)5-7-12/h7-10,15,18H,6,11-14H2,1-5H3,(H2,22,23,26);4-7H,1-3H3;8-9H,3-7,11H2,1-2H3. The molecule has 0 spiro atoms. The van der Waals surface area contributed by atoms with Crippen molar-refractivity contribution in [1.29, 1.82) is 0 Å². The lowest BCUT2D eigenvalue weighted by Gasteiger charge is -2.33. The topological polar surface area (TPSA) is 137 Å². The molecule has 2 heterocycles. The minimum atomic E-state index is -0.180. The van der Waals surface area contributed by atoms with E-state index in [1.165, 1.54) is 17.2 Å². The van der Waals surface area contributed by atoms with Crippen molar-refractivity contribution in [3.8, 4) is 0 Å². The molecule has 2 fully saturated rings. The molecule has 2 aromatic rings. The SMILES string of the molecule is CC(C)(C)c1ccc(N=C=O)cc1.CCC(C)C(=O)N1CCC(N)CC1.CCC(C)C(=O)N1CCC(NC(=O)Nc2ccc(C(C)(C)C)cc2)CC1. The zero-order valence-corrected chi connectivity index (χ0v) is 33.6. The van der Waals surface area contributed by atoms with Gasteiger partial charge in [-0.15, -0.1) is 0 Å². The maximum absolute atomic E-state index is 12.2. The highest BCUT2D eigenvalue weighted by Crippen LogP contribution is 2.25. The lowest BCUT2D eigenvalue weighted by Crippen LogP contribution is -2.48. The van der Waals surface area contributed by atoms with E-state index in [0.717, 1.165) is 57.3 Å². The van der Waals surface area contributed by atoms with E-state index < -0.39 is 0 Å². The molecule has 2 aromatic carbocycles. The van der Waals surface area contributed by atoms with Gasteiger partial charge in [0, 0.05) is 55.8 Å². The van der Waals surface area contributed by atoms with Crippen LogP contribution in [0, 0.1) is 11.8 Å². The summed E-state index contributed by atoms with van der Waals surface area (Å²) in [4.78, 5) is 53.5. The average Bonchev–Trinajstić information content (AvgIpc) is 3.11. The van der Waals surface area contributed by atoms with Gasteiger partial charge in [-0.1, -0.05) is 93.5 Å². The minimum Gasteiger partial charge on any atom is -0.342 e. The molecule has 4 rings (SSSR count). The predicted octanol–water partition coefficient (Wildman–Crippen LogP) is 8.08. The number of hydrogen-bond donors (Lipinski definition) is 3. The Morgan fingerprint density at radius 2 is 1.15 bits per heavy atom. The van der Waals surface area contributed by atoms with Crippen molar-refractivity contribution in [2.24, 2.45) is 22.6 Å². The number of carbonyl (C=O) groups is 3. The van der Waals surface area contributed by atoms with Gasteiger partial charge in [0.05, 0.1) is 5.69 Å². The molecular formula is C42H66N6O4. The van der Waals surface area contributed by atoms with Crippen LogP contribution in [0.1, 0.15) is 119 Å². The zero-order valence-electron chi connectivity index (χ0n) is 33.6. The summed E-state index contributed by atoms with van der Waals surface area (Å²) in [5.41, 5.74) is 9.93. The van der Waals surface area contributed by atoms with E-state index in [2.05, 4.69) is 76.2 Å². The van der Waals surface area contributed by atoms with Crippen LogP contribution in [-0.4, -0.2) is 72.0 Å². The fraction of sp³-hybridized carbons (Fsp3) is 0.619. The summed E-state index contributed by atoms with van der Waals surface area (Å²) in [7, 11) is 0. The van der Waals surface area contributed by atoms with Crippen LogP contribution >= 0.6 is 0 Å². The maximum Gasteiger partial charge on any atom is 0.319 e. The number of hydrogen-bond acceptors (Lipinski definition) is 6. The van der Waals surface area contributed by atoms with E-state index in [1.807, 2.05) is 67.0 Å². The van der Waals surface area contributed by atoms with E-state index in [1.54, 1.807) is 0 Å². The Morgan fingerprint density at radius 1 is 0.750 bits per heavy atom. The summed E-state index contributed by atoms with van der Waals surface area (Å²) in [5, 5.41) is 5.93. The van der Waals surface area contributed by atoms with Crippen LogP contribution in [0.5, 0.6) is 0 Å². The number of carbonyl (C=O) groups excluding carboxylic acids is 4. The van der Waals surface area contributed by atoms with Gasteiger partial charge in [0.25, 0.3) is 0 Å². The van der Waals surface area contributed by atoms with Crippen molar-refractivity contribution >= 4 is 35.3 Å². The molecule has 4 N–H and O–H groups in total. The van der Waals surface area contributed by atoms with Crippen LogP contribution in [0.15, 0.2) is 53.5 Å². The minimum absolute atomic E-state index is 0.0823. The Balaban J connectivity index is 0.000000301. The lowest BCUT2D eigenvalue weighted by atomic mass is 9.87. The second-order valence-corrected chi connectivity index (χ2v) is 16.3. The number of nitrogens with zero attached hydrogens (tertiary/aromatic N) is 3. The second-order valence-electron chi connectivity index (χ2n) is 16.3. The highest BCUT2D eigenvalue weighted by molar-refractivity contribution is 5.89. The van der Waals surface area contributed by atoms with Gasteiger partial charge in [-0.25, -0.2) is 9.59 Å². The normalized spacial score (nSPS) is 16.5. The van der Waals surface area contributed by atoms with Crippen molar-refractivity contribution in [1.82, 2.24) is 15.1 Å². The molecule has 0 bridgehead atoms. The Bertz CT molecular complexity index is 1440. The Labute approximate surface area is 313 Å². The van der Waals surface area contributed by atoms with E-state index in [-0.39, 0.29) is 40.6 Å². The van der Waals surface area contributed by atoms with Crippen LogP contribution in [0.3, 0.4) is 0 Å². The fourth-order valence-corrected chi connectivity index (χ4v) is 5.83. The van der Waals surface area contributed by atoms with Crippen molar-refractivity contribution in [3.63, 3.8) is 0 Å².